The minimum Gasteiger partial charge on any atom is -0.353 e. The Balaban J connectivity index is 1.42. The van der Waals surface area contributed by atoms with Gasteiger partial charge in [-0.05, 0) is 48.4 Å². The van der Waals surface area contributed by atoms with E-state index in [9.17, 15) is 0 Å². The van der Waals surface area contributed by atoms with Crippen LogP contribution in [0.2, 0.25) is 0 Å². The van der Waals surface area contributed by atoms with E-state index in [1.54, 1.807) is 4.68 Å². The number of rotatable bonds is 7. The SMILES string of the molecule is c1ccc(-n2nnnc2NCCCNC2CCCCC2)cc1. The first-order chi connectivity index (χ1) is 10.9. The first-order valence-corrected chi connectivity index (χ1v) is 8.24. The van der Waals surface area contributed by atoms with Crippen LogP contribution in [-0.2, 0) is 0 Å². The van der Waals surface area contributed by atoms with Crippen LogP contribution in [0.1, 0.15) is 38.5 Å². The van der Waals surface area contributed by atoms with Crippen molar-refractivity contribution in [3.8, 4) is 5.69 Å². The molecular formula is C16H24N6. The van der Waals surface area contributed by atoms with Crippen LogP contribution in [0.15, 0.2) is 30.3 Å². The Morgan fingerprint density at radius 2 is 1.86 bits per heavy atom. The van der Waals surface area contributed by atoms with Crippen LogP contribution in [0.5, 0.6) is 0 Å². The van der Waals surface area contributed by atoms with Gasteiger partial charge >= 0.3 is 0 Å². The maximum Gasteiger partial charge on any atom is 0.247 e. The molecule has 0 bridgehead atoms. The molecule has 1 aliphatic carbocycles. The highest BCUT2D eigenvalue weighted by molar-refractivity contribution is 5.38. The minimum absolute atomic E-state index is 0.698. The summed E-state index contributed by atoms with van der Waals surface area (Å²) in [6.45, 7) is 1.91. The van der Waals surface area contributed by atoms with Crippen LogP contribution in [0.25, 0.3) is 5.69 Å². The summed E-state index contributed by atoms with van der Waals surface area (Å²) in [7, 11) is 0. The monoisotopic (exact) mass is 300 g/mol. The fourth-order valence-electron chi connectivity index (χ4n) is 2.94. The molecule has 1 aliphatic rings. The third-order valence-electron chi connectivity index (χ3n) is 4.15. The number of aromatic nitrogens is 4. The average Bonchev–Trinajstić information content (AvgIpc) is 3.05. The van der Waals surface area contributed by atoms with Gasteiger partial charge in [0.05, 0.1) is 5.69 Å². The van der Waals surface area contributed by atoms with E-state index in [1.807, 2.05) is 30.3 Å². The summed E-state index contributed by atoms with van der Waals surface area (Å²) < 4.78 is 1.73. The number of benzene rings is 1. The van der Waals surface area contributed by atoms with Crippen molar-refractivity contribution in [1.82, 2.24) is 25.5 Å². The highest BCUT2D eigenvalue weighted by Crippen LogP contribution is 2.17. The lowest BCUT2D eigenvalue weighted by atomic mass is 9.95. The lowest BCUT2D eigenvalue weighted by Gasteiger charge is -2.22. The zero-order chi connectivity index (χ0) is 15.0. The molecule has 0 aliphatic heterocycles. The van der Waals surface area contributed by atoms with E-state index in [0.29, 0.717) is 5.95 Å². The molecule has 118 valence electrons. The summed E-state index contributed by atoms with van der Waals surface area (Å²) in [6, 6.07) is 10.7. The maximum absolute atomic E-state index is 4.05. The topological polar surface area (TPSA) is 67.7 Å². The Hall–Kier alpha value is -1.95. The zero-order valence-electron chi connectivity index (χ0n) is 12.9. The molecule has 2 aromatic rings. The van der Waals surface area contributed by atoms with Gasteiger partial charge in [0.2, 0.25) is 5.95 Å². The van der Waals surface area contributed by atoms with Crippen LogP contribution in [-0.4, -0.2) is 39.3 Å². The summed E-state index contributed by atoms with van der Waals surface area (Å²) >= 11 is 0. The number of tetrazole rings is 1. The average molecular weight is 300 g/mol. The Bertz CT molecular complexity index is 547. The summed E-state index contributed by atoms with van der Waals surface area (Å²) in [5, 5.41) is 18.8. The van der Waals surface area contributed by atoms with E-state index in [1.165, 1.54) is 32.1 Å². The van der Waals surface area contributed by atoms with Crippen molar-refractivity contribution in [1.29, 1.82) is 0 Å². The molecule has 1 heterocycles. The van der Waals surface area contributed by atoms with E-state index < -0.39 is 0 Å². The Morgan fingerprint density at radius 3 is 2.68 bits per heavy atom. The lowest BCUT2D eigenvalue weighted by Crippen LogP contribution is -2.32. The number of nitrogens with one attached hydrogen (secondary N) is 2. The first-order valence-electron chi connectivity index (χ1n) is 8.24. The fraction of sp³-hybridized carbons (Fsp3) is 0.562. The molecule has 1 aromatic carbocycles. The van der Waals surface area contributed by atoms with Crippen molar-refractivity contribution in [2.75, 3.05) is 18.4 Å². The predicted molar refractivity (Wildman–Crippen MR) is 87.1 cm³/mol. The van der Waals surface area contributed by atoms with Gasteiger partial charge in [-0.15, -0.1) is 0 Å². The molecule has 0 spiro atoms. The zero-order valence-corrected chi connectivity index (χ0v) is 12.9. The van der Waals surface area contributed by atoms with Gasteiger partial charge in [0.15, 0.2) is 0 Å². The summed E-state index contributed by atoms with van der Waals surface area (Å²) in [5.74, 6) is 0.698. The van der Waals surface area contributed by atoms with Crippen molar-refractivity contribution in [2.45, 2.75) is 44.6 Å². The largest absolute Gasteiger partial charge is 0.353 e. The molecule has 6 nitrogen and oxygen atoms in total. The quantitative estimate of drug-likeness (QED) is 0.769. The van der Waals surface area contributed by atoms with Crippen LogP contribution < -0.4 is 10.6 Å². The Labute approximate surface area is 131 Å². The van der Waals surface area contributed by atoms with Crippen LogP contribution >= 0.6 is 0 Å². The molecular weight excluding hydrogens is 276 g/mol. The van der Waals surface area contributed by atoms with Crippen molar-refractivity contribution in [2.24, 2.45) is 0 Å². The molecule has 1 saturated carbocycles. The van der Waals surface area contributed by atoms with Crippen LogP contribution in [0.3, 0.4) is 0 Å². The number of hydrogen-bond donors (Lipinski definition) is 2. The normalized spacial score (nSPS) is 15.8. The molecule has 0 unspecified atom stereocenters. The van der Waals surface area contributed by atoms with Gasteiger partial charge in [0, 0.05) is 12.6 Å². The van der Waals surface area contributed by atoms with Gasteiger partial charge in [-0.3, -0.25) is 0 Å². The number of nitrogens with zero attached hydrogens (tertiary/aromatic N) is 4. The van der Waals surface area contributed by atoms with Gasteiger partial charge in [-0.25, -0.2) is 0 Å². The van der Waals surface area contributed by atoms with E-state index in [2.05, 4.69) is 26.2 Å². The maximum atomic E-state index is 4.05. The minimum atomic E-state index is 0.698. The molecule has 2 N–H and O–H groups in total. The third kappa shape index (κ3) is 4.04. The standard InChI is InChI=1S/C16H24N6/c1-3-8-14(9-4-1)17-12-7-13-18-16-19-20-21-22(16)15-10-5-2-6-11-15/h2,5-6,10-11,14,17H,1,3-4,7-9,12-13H2,(H,18,19,21). The predicted octanol–water partition coefficient (Wildman–Crippen LogP) is 2.39. The smallest absolute Gasteiger partial charge is 0.247 e. The van der Waals surface area contributed by atoms with Crippen molar-refractivity contribution in [3.05, 3.63) is 30.3 Å². The molecule has 22 heavy (non-hydrogen) atoms. The number of hydrogen-bond acceptors (Lipinski definition) is 5. The van der Waals surface area contributed by atoms with E-state index >= 15 is 0 Å². The second-order valence-corrected chi connectivity index (χ2v) is 5.82. The van der Waals surface area contributed by atoms with Crippen molar-refractivity contribution in [3.63, 3.8) is 0 Å². The molecule has 3 rings (SSSR count). The highest BCUT2D eigenvalue weighted by Gasteiger charge is 2.12. The molecule has 1 aromatic heterocycles. The molecule has 0 radical (unpaired) electrons. The Morgan fingerprint density at radius 1 is 1.05 bits per heavy atom. The molecule has 0 atom stereocenters. The van der Waals surface area contributed by atoms with Crippen molar-refractivity contribution >= 4 is 5.95 Å². The number of anilines is 1. The summed E-state index contributed by atoms with van der Waals surface area (Å²) in [4.78, 5) is 0. The van der Waals surface area contributed by atoms with Crippen LogP contribution in [0.4, 0.5) is 5.95 Å². The van der Waals surface area contributed by atoms with E-state index in [0.717, 1.165) is 31.2 Å². The highest BCUT2D eigenvalue weighted by atomic mass is 15.6. The number of para-hydroxylation sites is 1. The second kappa shape index (κ2) is 7.89. The van der Waals surface area contributed by atoms with Gasteiger partial charge in [0.1, 0.15) is 0 Å². The van der Waals surface area contributed by atoms with Gasteiger partial charge in [-0.2, -0.15) is 4.68 Å². The van der Waals surface area contributed by atoms with Gasteiger partial charge < -0.3 is 10.6 Å². The summed E-state index contributed by atoms with van der Waals surface area (Å²) in [6.07, 6.45) is 7.89. The molecule has 1 fully saturated rings. The third-order valence-corrected chi connectivity index (χ3v) is 4.15. The molecule has 6 heteroatoms. The van der Waals surface area contributed by atoms with Gasteiger partial charge in [0.25, 0.3) is 0 Å². The lowest BCUT2D eigenvalue weighted by molar-refractivity contribution is 0.373. The molecule has 0 amide bonds. The second-order valence-electron chi connectivity index (χ2n) is 5.82. The van der Waals surface area contributed by atoms with E-state index in [4.69, 9.17) is 0 Å². The van der Waals surface area contributed by atoms with Gasteiger partial charge in [-0.1, -0.05) is 42.6 Å². The fourth-order valence-corrected chi connectivity index (χ4v) is 2.94. The van der Waals surface area contributed by atoms with Crippen molar-refractivity contribution < 1.29 is 0 Å². The van der Waals surface area contributed by atoms with Crippen LogP contribution in [0, 0.1) is 0 Å². The Kier molecular flexibility index (Phi) is 5.37. The molecule has 0 saturated heterocycles. The van der Waals surface area contributed by atoms with E-state index in [-0.39, 0.29) is 0 Å². The first kappa shape index (κ1) is 15.0. The summed E-state index contributed by atoms with van der Waals surface area (Å²) in [5.41, 5.74) is 0.968.